The van der Waals surface area contributed by atoms with E-state index in [0.717, 1.165) is 22.5 Å². The second-order valence-corrected chi connectivity index (χ2v) is 8.34. The molecular formula is C24H15ClN6O3S. The number of carbonyl (C=O) groups excluding carboxylic acids is 1. The van der Waals surface area contributed by atoms with E-state index in [1.807, 2.05) is 42.5 Å². The van der Waals surface area contributed by atoms with E-state index in [1.54, 1.807) is 23.0 Å². The lowest BCUT2D eigenvalue weighted by molar-refractivity contribution is -0.384. The first-order valence-electron chi connectivity index (χ1n) is 10.3. The number of nitro groups is 1. The second-order valence-electron chi connectivity index (χ2n) is 7.52. The monoisotopic (exact) mass is 502 g/mol. The molecule has 1 aromatic heterocycles. The molecule has 0 radical (unpaired) electrons. The molecule has 1 amide bonds. The lowest BCUT2D eigenvalue weighted by Crippen LogP contribution is -2.34. The number of hydrogen-bond donors (Lipinski definition) is 2. The van der Waals surface area contributed by atoms with Crippen LogP contribution in [0.25, 0.3) is 27.5 Å². The summed E-state index contributed by atoms with van der Waals surface area (Å²) in [5.74, 6) is -0.667. The number of amides is 1. The van der Waals surface area contributed by atoms with Gasteiger partial charge in [0, 0.05) is 23.2 Å². The third kappa shape index (κ3) is 4.52. The number of non-ortho nitro benzene ring substituents is 1. The number of nitro benzene ring substituents is 1. The zero-order valence-corrected chi connectivity index (χ0v) is 19.4. The summed E-state index contributed by atoms with van der Waals surface area (Å²) in [6.45, 7) is 0. The van der Waals surface area contributed by atoms with E-state index in [2.05, 4.69) is 20.8 Å². The molecule has 0 saturated carbocycles. The number of fused-ring (bicyclic) bond motifs is 2. The zero-order chi connectivity index (χ0) is 24.5. The Morgan fingerprint density at radius 1 is 0.971 bits per heavy atom. The van der Waals surface area contributed by atoms with Crippen LogP contribution in [-0.2, 0) is 0 Å². The largest absolute Gasteiger partial charge is 0.332 e. The van der Waals surface area contributed by atoms with Gasteiger partial charge in [-0.15, -0.1) is 15.0 Å². The van der Waals surface area contributed by atoms with Crippen molar-refractivity contribution in [3.8, 4) is 5.69 Å². The Balaban J connectivity index is 1.36. The molecule has 172 valence electrons. The maximum absolute atomic E-state index is 12.5. The maximum Gasteiger partial charge on any atom is 0.270 e. The Morgan fingerprint density at radius 2 is 1.74 bits per heavy atom. The number of nitrogens with zero attached hydrogens (tertiary/aromatic N) is 4. The Kier molecular flexibility index (Phi) is 5.81. The Hall–Kier alpha value is -4.41. The molecule has 0 bridgehead atoms. The number of carbonyl (C=O) groups is 1. The third-order valence-corrected chi connectivity index (χ3v) is 5.79. The van der Waals surface area contributed by atoms with Crippen molar-refractivity contribution >= 4 is 68.0 Å². The summed E-state index contributed by atoms with van der Waals surface area (Å²) in [6, 6.07) is 22.8. The maximum atomic E-state index is 12.5. The molecule has 1 heterocycles. The summed E-state index contributed by atoms with van der Waals surface area (Å²) in [5, 5.41) is 27.8. The predicted octanol–water partition coefficient (Wildman–Crippen LogP) is 5.26. The first-order chi connectivity index (χ1) is 16.9. The molecule has 0 fully saturated rings. The standard InChI is InChI=1S/C24H15ClN6O3S/c25-19-10-9-16(31(33)34)13-18(19)23(32)27-24(35)26-15-8-11-20-21(12-15)29-30(28-20)22-7-3-5-14-4-1-2-6-17(14)22/h1-13H,(H2,26,27,32,35). The van der Waals surface area contributed by atoms with E-state index >= 15 is 0 Å². The number of thiocarbonyl (C=S) groups is 1. The third-order valence-electron chi connectivity index (χ3n) is 5.25. The van der Waals surface area contributed by atoms with Crippen LogP contribution in [-0.4, -0.2) is 30.9 Å². The predicted molar refractivity (Wildman–Crippen MR) is 138 cm³/mol. The molecule has 4 aromatic carbocycles. The Bertz CT molecular complexity index is 1650. The molecule has 0 aliphatic heterocycles. The summed E-state index contributed by atoms with van der Waals surface area (Å²) in [6.07, 6.45) is 0. The van der Waals surface area contributed by atoms with Gasteiger partial charge in [-0.05, 0) is 47.9 Å². The summed E-state index contributed by atoms with van der Waals surface area (Å²) < 4.78 is 0. The minimum Gasteiger partial charge on any atom is -0.332 e. The van der Waals surface area contributed by atoms with Gasteiger partial charge in [0.15, 0.2) is 5.11 Å². The quantitative estimate of drug-likeness (QED) is 0.195. The van der Waals surface area contributed by atoms with Crippen molar-refractivity contribution in [3.05, 3.63) is 99.6 Å². The summed E-state index contributed by atoms with van der Waals surface area (Å²) in [4.78, 5) is 24.5. The molecule has 11 heteroatoms. The number of halogens is 1. The van der Waals surface area contributed by atoms with Gasteiger partial charge in [0.1, 0.15) is 11.0 Å². The molecule has 35 heavy (non-hydrogen) atoms. The minimum atomic E-state index is -0.667. The van der Waals surface area contributed by atoms with E-state index in [0.29, 0.717) is 16.7 Å². The fourth-order valence-corrected chi connectivity index (χ4v) is 4.03. The van der Waals surface area contributed by atoms with Gasteiger partial charge >= 0.3 is 0 Å². The smallest absolute Gasteiger partial charge is 0.270 e. The first-order valence-corrected chi connectivity index (χ1v) is 11.1. The molecule has 0 atom stereocenters. The van der Waals surface area contributed by atoms with Crippen LogP contribution in [0.2, 0.25) is 5.02 Å². The number of benzene rings is 4. The first kappa shape index (κ1) is 22.4. The highest BCUT2D eigenvalue weighted by atomic mass is 35.5. The van der Waals surface area contributed by atoms with Crippen molar-refractivity contribution in [1.29, 1.82) is 0 Å². The summed E-state index contributed by atoms with van der Waals surface area (Å²) in [7, 11) is 0. The lowest BCUT2D eigenvalue weighted by Gasteiger charge is -2.10. The molecule has 0 saturated heterocycles. The van der Waals surface area contributed by atoms with Gasteiger partial charge in [-0.2, -0.15) is 0 Å². The van der Waals surface area contributed by atoms with Crippen LogP contribution < -0.4 is 10.6 Å². The molecule has 5 aromatic rings. The highest BCUT2D eigenvalue weighted by molar-refractivity contribution is 7.80. The van der Waals surface area contributed by atoms with Gasteiger partial charge < -0.3 is 5.32 Å². The van der Waals surface area contributed by atoms with Gasteiger partial charge in [-0.25, -0.2) is 0 Å². The molecule has 5 rings (SSSR count). The molecular weight excluding hydrogens is 488 g/mol. The van der Waals surface area contributed by atoms with Gasteiger partial charge in [-0.1, -0.05) is 48.0 Å². The van der Waals surface area contributed by atoms with E-state index in [9.17, 15) is 14.9 Å². The SMILES string of the molecule is O=C(NC(=S)Nc1ccc2nn(-c3cccc4ccccc34)nc2c1)c1cc([N+](=O)[O-])ccc1Cl. The van der Waals surface area contributed by atoms with Crippen LogP contribution in [0.15, 0.2) is 78.9 Å². The van der Waals surface area contributed by atoms with Crippen LogP contribution in [0.5, 0.6) is 0 Å². The number of aromatic nitrogens is 3. The van der Waals surface area contributed by atoms with Crippen molar-refractivity contribution < 1.29 is 9.72 Å². The molecule has 9 nitrogen and oxygen atoms in total. The van der Waals surface area contributed by atoms with Crippen LogP contribution in [0, 0.1) is 10.1 Å². The van der Waals surface area contributed by atoms with Gasteiger partial charge in [0.05, 0.1) is 21.2 Å². The summed E-state index contributed by atoms with van der Waals surface area (Å²) in [5.41, 5.74) is 2.43. The molecule has 0 aliphatic carbocycles. The summed E-state index contributed by atoms with van der Waals surface area (Å²) >= 11 is 11.3. The van der Waals surface area contributed by atoms with Crippen molar-refractivity contribution in [2.24, 2.45) is 0 Å². The average Bonchev–Trinajstić information content (AvgIpc) is 3.27. The Morgan fingerprint density at radius 3 is 2.57 bits per heavy atom. The number of rotatable bonds is 4. The molecule has 0 aliphatic rings. The highest BCUT2D eigenvalue weighted by Gasteiger charge is 2.17. The van der Waals surface area contributed by atoms with Crippen molar-refractivity contribution in [3.63, 3.8) is 0 Å². The van der Waals surface area contributed by atoms with Crippen LogP contribution >= 0.6 is 23.8 Å². The van der Waals surface area contributed by atoms with E-state index < -0.39 is 10.8 Å². The van der Waals surface area contributed by atoms with Crippen LogP contribution in [0.4, 0.5) is 11.4 Å². The number of hydrogen-bond acceptors (Lipinski definition) is 6. The lowest BCUT2D eigenvalue weighted by atomic mass is 10.1. The van der Waals surface area contributed by atoms with Gasteiger partial charge in [-0.3, -0.25) is 20.2 Å². The van der Waals surface area contributed by atoms with Gasteiger partial charge in [0.25, 0.3) is 11.6 Å². The van der Waals surface area contributed by atoms with Crippen molar-refractivity contribution in [1.82, 2.24) is 20.3 Å². The molecule has 0 spiro atoms. The molecule has 2 N–H and O–H groups in total. The second kappa shape index (κ2) is 9.09. The normalized spacial score (nSPS) is 10.9. The van der Waals surface area contributed by atoms with E-state index in [4.69, 9.17) is 23.8 Å². The number of nitrogens with one attached hydrogen (secondary N) is 2. The minimum absolute atomic E-state index is 0.00151. The topological polar surface area (TPSA) is 115 Å². The van der Waals surface area contributed by atoms with Gasteiger partial charge in [0.2, 0.25) is 0 Å². The zero-order valence-electron chi connectivity index (χ0n) is 17.8. The van der Waals surface area contributed by atoms with Crippen LogP contribution in [0.1, 0.15) is 10.4 Å². The Labute approximate surface area is 208 Å². The van der Waals surface area contributed by atoms with Crippen LogP contribution in [0.3, 0.4) is 0 Å². The fraction of sp³-hybridized carbons (Fsp3) is 0. The fourth-order valence-electron chi connectivity index (χ4n) is 3.62. The molecule has 0 unspecified atom stereocenters. The van der Waals surface area contributed by atoms with E-state index in [1.165, 1.54) is 12.1 Å². The number of anilines is 1. The van der Waals surface area contributed by atoms with Crippen molar-refractivity contribution in [2.45, 2.75) is 0 Å². The highest BCUT2D eigenvalue weighted by Crippen LogP contribution is 2.24. The van der Waals surface area contributed by atoms with Crippen molar-refractivity contribution in [2.75, 3.05) is 5.32 Å². The van der Waals surface area contributed by atoms with E-state index in [-0.39, 0.29) is 21.4 Å². The average molecular weight is 503 g/mol.